The molecule has 3 aromatic carbocycles. The van der Waals surface area contributed by atoms with Gasteiger partial charge in [0, 0.05) is 50.9 Å². The number of benzene rings is 3. The number of amides is 2. The van der Waals surface area contributed by atoms with E-state index in [1.807, 2.05) is 81.1 Å². The molecular weight excluding hydrogens is 957 g/mol. The number of hydrogen-bond acceptors (Lipinski definition) is 15. The van der Waals surface area contributed by atoms with Crippen LogP contribution >= 0.6 is 0 Å². The highest BCUT2D eigenvalue weighted by Gasteiger charge is 2.41. The van der Waals surface area contributed by atoms with Crippen LogP contribution in [0.3, 0.4) is 0 Å². The molecular formula is C54H74N6O12S. The van der Waals surface area contributed by atoms with Crippen LogP contribution in [0.15, 0.2) is 83.9 Å². The number of ketones is 3. The van der Waals surface area contributed by atoms with Crippen LogP contribution in [0.1, 0.15) is 89.1 Å². The first kappa shape index (κ1) is 58.0. The Morgan fingerprint density at radius 2 is 1.45 bits per heavy atom. The second-order valence-corrected chi connectivity index (χ2v) is 21.6. The number of rotatable bonds is 30. The average Bonchev–Trinajstić information content (AvgIpc) is 3.77. The van der Waals surface area contributed by atoms with E-state index in [2.05, 4.69) is 20.9 Å². The van der Waals surface area contributed by atoms with Crippen molar-refractivity contribution in [3.05, 3.63) is 101 Å². The number of carbonyl (C=O) groups is 5. The summed E-state index contributed by atoms with van der Waals surface area (Å²) in [5, 5.41) is 25.3. The number of nitrogens with zero attached hydrogens (tertiary/aromatic N) is 4. The van der Waals surface area contributed by atoms with Crippen molar-refractivity contribution >= 4 is 39.3 Å². The van der Waals surface area contributed by atoms with E-state index < -0.39 is 69.6 Å². The molecule has 0 radical (unpaired) electrons. The summed E-state index contributed by atoms with van der Waals surface area (Å²) >= 11 is 0. The van der Waals surface area contributed by atoms with Crippen LogP contribution in [0, 0.1) is 30.6 Å². The second kappa shape index (κ2) is 27.4. The lowest BCUT2D eigenvalue weighted by atomic mass is 9.86. The monoisotopic (exact) mass is 1030 g/mol. The molecule has 19 heteroatoms. The Morgan fingerprint density at radius 3 is 2.05 bits per heavy atom. The Bertz CT molecular complexity index is 2560. The Labute approximate surface area is 430 Å². The highest BCUT2D eigenvalue weighted by atomic mass is 32.2. The van der Waals surface area contributed by atoms with Gasteiger partial charge in [-0.2, -0.15) is 8.42 Å². The van der Waals surface area contributed by atoms with Gasteiger partial charge in [0.15, 0.2) is 11.6 Å². The number of ether oxygens (including phenoxy) is 3. The maximum Gasteiger partial charge on any atom is 0.301 e. The van der Waals surface area contributed by atoms with Gasteiger partial charge in [-0.05, 0) is 80.5 Å². The van der Waals surface area contributed by atoms with Crippen LogP contribution in [0.2, 0.25) is 0 Å². The Morgan fingerprint density at radius 1 is 0.849 bits per heavy atom. The summed E-state index contributed by atoms with van der Waals surface area (Å²) in [5.74, 6) is -4.24. The Balaban J connectivity index is 1.32. The fourth-order valence-corrected chi connectivity index (χ4v) is 10.2. The van der Waals surface area contributed by atoms with E-state index >= 15 is 0 Å². The predicted molar refractivity (Wildman–Crippen MR) is 273 cm³/mol. The molecule has 0 bridgehead atoms. The summed E-state index contributed by atoms with van der Waals surface area (Å²) in [4.78, 5) is 72.9. The zero-order valence-corrected chi connectivity index (χ0v) is 44.3. The predicted octanol–water partition coefficient (Wildman–Crippen LogP) is 5.16. The first-order chi connectivity index (χ1) is 34.6. The van der Waals surface area contributed by atoms with Crippen molar-refractivity contribution in [3.63, 3.8) is 0 Å². The van der Waals surface area contributed by atoms with Gasteiger partial charge in [0.25, 0.3) is 0 Å². The molecule has 0 saturated carbocycles. The number of aryl methyl sites for hydroxylation is 3. The molecule has 1 aliphatic heterocycles. The summed E-state index contributed by atoms with van der Waals surface area (Å²) in [6.07, 6.45) is 2.70. The van der Waals surface area contributed by atoms with Gasteiger partial charge in [-0.15, -0.1) is 5.10 Å². The van der Waals surface area contributed by atoms with Crippen LogP contribution in [-0.4, -0.2) is 127 Å². The molecule has 73 heavy (non-hydrogen) atoms. The van der Waals surface area contributed by atoms with Crippen molar-refractivity contribution < 1.29 is 55.9 Å². The highest BCUT2D eigenvalue weighted by Crippen LogP contribution is 2.34. The van der Waals surface area contributed by atoms with Crippen molar-refractivity contribution in [1.29, 1.82) is 0 Å². The largest absolute Gasteiger partial charge is 0.495 e. The molecule has 3 N–H and O–H groups in total. The van der Waals surface area contributed by atoms with Crippen LogP contribution < -0.4 is 20.1 Å². The van der Waals surface area contributed by atoms with Crippen LogP contribution in [0.4, 0.5) is 0 Å². The van der Waals surface area contributed by atoms with Crippen molar-refractivity contribution in [3.8, 4) is 11.5 Å². The number of aromatic nitrogens is 3. The summed E-state index contributed by atoms with van der Waals surface area (Å²) in [7, 11) is -1.68. The zero-order chi connectivity index (χ0) is 53.3. The van der Waals surface area contributed by atoms with Gasteiger partial charge < -0.3 is 30.0 Å². The zero-order valence-electron chi connectivity index (χ0n) is 43.5. The van der Waals surface area contributed by atoms with Gasteiger partial charge in [-0.1, -0.05) is 93.6 Å². The fourth-order valence-electron chi connectivity index (χ4n) is 8.81. The van der Waals surface area contributed by atoms with Gasteiger partial charge >= 0.3 is 10.1 Å². The number of carbonyl (C=O) groups excluding carboxylic acids is 5. The van der Waals surface area contributed by atoms with Crippen LogP contribution in [0.5, 0.6) is 11.5 Å². The third-order valence-corrected chi connectivity index (χ3v) is 14.1. The van der Waals surface area contributed by atoms with E-state index in [1.165, 1.54) is 30.8 Å². The number of morpholine rings is 1. The standard InChI is InChI=1S/C54H74N6O12S/c1-36(2)25-46(55-52(64)41(20-19-39-15-11-9-12-16-39)29-44(61)33-60-21-23-70-24-22-60)48(62)30-42(28-40-17-13-10-14-18-40)53(65)56-47(26-37(3)4)51(63)54(6,66)35-72-73(67,68)50-38(5)27-45(31-49(50)69-8)71-34-43-32-59(7)58-57-43/h9-18,27,31-32,36-37,41-42,46-47,66H,19-26,28-30,33-35H2,1-8H3,(H,55,64)(H,56,65)/t41-,42-,46+,47+,54-/m1/s1. The molecule has 398 valence electrons. The smallest absolute Gasteiger partial charge is 0.301 e. The van der Waals surface area contributed by atoms with Crippen molar-refractivity contribution in [2.24, 2.45) is 30.7 Å². The summed E-state index contributed by atoms with van der Waals surface area (Å²) in [5.41, 5.74) is 0.0701. The van der Waals surface area contributed by atoms with Crippen molar-refractivity contribution in [2.75, 3.05) is 46.6 Å². The highest BCUT2D eigenvalue weighted by molar-refractivity contribution is 7.87. The molecule has 1 aliphatic rings. The van der Waals surface area contributed by atoms with E-state index in [9.17, 15) is 37.5 Å². The third kappa shape index (κ3) is 18.2. The lowest BCUT2D eigenvalue weighted by Gasteiger charge is -2.30. The van der Waals surface area contributed by atoms with E-state index in [-0.39, 0.29) is 84.8 Å². The first-order valence-corrected chi connectivity index (χ1v) is 26.4. The van der Waals surface area contributed by atoms with Gasteiger partial charge in [0.05, 0.1) is 45.1 Å². The molecule has 1 fully saturated rings. The molecule has 2 heterocycles. The van der Waals surface area contributed by atoms with Gasteiger partial charge in [-0.3, -0.25) is 37.7 Å². The van der Waals surface area contributed by atoms with Gasteiger partial charge in [0.2, 0.25) is 11.8 Å². The molecule has 0 spiro atoms. The van der Waals surface area contributed by atoms with E-state index in [4.69, 9.17) is 18.4 Å². The minimum absolute atomic E-state index is 0.00770. The van der Waals surface area contributed by atoms with E-state index in [0.29, 0.717) is 44.8 Å². The lowest BCUT2D eigenvalue weighted by molar-refractivity contribution is -0.143. The summed E-state index contributed by atoms with van der Waals surface area (Å²) in [6.45, 7) is 11.7. The fraction of sp³-hybridized carbons (Fsp3) is 0.537. The number of nitrogens with one attached hydrogen (secondary N) is 2. The molecule has 1 aromatic heterocycles. The third-order valence-electron chi connectivity index (χ3n) is 12.6. The lowest BCUT2D eigenvalue weighted by Crippen LogP contribution is -2.54. The molecule has 1 saturated heterocycles. The summed E-state index contributed by atoms with van der Waals surface area (Å²) in [6, 6.07) is 19.3. The second-order valence-electron chi connectivity index (χ2n) is 20.1. The van der Waals surface area contributed by atoms with Gasteiger partial charge in [0.1, 0.15) is 46.7 Å². The average molecular weight is 1030 g/mol. The van der Waals surface area contributed by atoms with Crippen molar-refractivity contribution in [2.45, 2.75) is 116 Å². The number of Topliss-reactive ketones (excluding diaryl/α,β-unsaturated/α-hetero) is 3. The molecule has 4 aromatic rings. The molecule has 0 unspecified atom stereocenters. The molecule has 2 amide bonds. The van der Waals surface area contributed by atoms with E-state index in [0.717, 1.165) is 18.1 Å². The first-order valence-electron chi connectivity index (χ1n) is 25.0. The molecule has 5 atom stereocenters. The molecule has 5 rings (SSSR count). The number of hydrogen-bond donors (Lipinski definition) is 3. The van der Waals surface area contributed by atoms with Crippen molar-refractivity contribution in [1.82, 2.24) is 30.5 Å². The Hall–Kier alpha value is -5.86. The topological polar surface area (TPSA) is 235 Å². The number of aliphatic hydroxyl groups is 1. The number of methoxy groups -OCH3 is 1. The molecule has 18 nitrogen and oxygen atoms in total. The Kier molecular flexibility index (Phi) is 21.8. The molecule has 0 aliphatic carbocycles. The minimum Gasteiger partial charge on any atom is -0.495 e. The van der Waals surface area contributed by atoms with Crippen LogP contribution in [0.25, 0.3) is 0 Å². The SMILES string of the molecule is COc1cc(OCc2cn(C)nn2)cc(C)c1S(=O)(=O)OC[C@@](C)(O)C(=O)[C@H](CC(C)C)NC(=O)[C@@H](CC(=O)[C@H](CC(C)C)NC(=O)[C@H](CCc1ccccc1)CC(=O)CN1CCOCC1)Cc1ccccc1. The minimum atomic E-state index is -4.67. The van der Waals surface area contributed by atoms with E-state index in [1.54, 1.807) is 25.4 Å². The van der Waals surface area contributed by atoms with Gasteiger partial charge in [-0.25, -0.2) is 0 Å². The quantitative estimate of drug-likeness (QED) is 0.0573. The van der Waals surface area contributed by atoms with Crippen LogP contribution in [-0.2, 0) is 69.5 Å². The maximum atomic E-state index is 14.6. The summed E-state index contributed by atoms with van der Waals surface area (Å²) < 4.78 is 51.1. The maximum absolute atomic E-state index is 14.6. The normalized spacial score (nSPS) is 15.7.